The molecule has 1 aromatic rings. The Balaban J connectivity index is 2.16. The van der Waals surface area contributed by atoms with Gasteiger partial charge in [-0.05, 0) is 12.8 Å². The number of halogens is 1. The molecule has 0 radical (unpaired) electrons. The quantitative estimate of drug-likeness (QED) is 0.574. The lowest BCUT2D eigenvalue weighted by Gasteiger charge is -2.34. The molecule has 1 atom stereocenters. The molecule has 4 N–H and O–H groups in total. The number of anilines is 1. The minimum Gasteiger partial charge on any atom is -0.381 e. The molecule has 1 fully saturated rings. The molecule has 0 amide bonds. The second-order valence-corrected chi connectivity index (χ2v) is 4.57. The zero-order valence-corrected chi connectivity index (χ0v) is 10.3. The number of aliphatic hydroxyl groups is 2. The fraction of sp³-hybridized carbons (Fsp3) is 0.600. The number of hydrogen-bond donors (Lipinski definition) is 4. The fourth-order valence-corrected chi connectivity index (χ4v) is 1.97. The van der Waals surface area contributed by atoms with E-state index in [2.05, 4.69) is 15.5 Å². The van der Waals surface area contributed by atoms with Gasteiger partial charge >= 0.3 is 0 Å². The molecule has 0 spiro atoms. The second-order valence-electron chi connectivity index (χ2n) is 4.19. The van der Waals surface area contributed by atoms with Crippen LogP contribution in [0.3, 0.4) is 0 Å². The van der Waals surface area contributed by atoms with Gasteiger partial charge in [-0.15, -0.1) is 0 Å². The minimum atomic E-state index is -2.19. The van der Waals surface area contributed by atoms with Crippen LogP contribution in [0, 0.1) is 5.92 Å². The maximum absolute atomic E-state index is 11.2. The van der Waals surface area contributed by atoms with Gasteiger partial charge in [0.05, 0.1) is 24.4 Å². The van der Waals surface area contributed by atoms with E-state index in [1.165, 1.54) is 6.20 Å². The van der Waals surface area contributed by atoms with Gasteiger partial charge in [-0.25, -0.2) is 5.10 Å². The molecule has 0 aliphatic carbocycles. The molecule has 0 saturated carbocycles. The molecule has 8 heteroatoms. The highest BCUT2D eigenvalue weighted by Crippen LogP contribution is 2.27. The summed E-state index contributed by atoms with van der Waals surface area (Å²) in [7, 11) is 0. The lowest BCUT2D eigenvalue weighted by Crippen LogP contribution is -2.49. The van der Waals surface area contributed by atoms with E-state index in [0.717, 1.165) is 6.42 Å². The van der Waals surface area contributed by atoms with Crippen molar-refractivity contribution in [2.24, 2.45) is 5.92 Å². The Labute approximate surface area is 108 Å². The molecule has 2 rings (SSSR count). The van der Waals surface area contributed by atoms with Gasteiger partial charge in [0.25, 0.3) is 5.56 Å². The third kappa shape index (κ3) is 2.81. The maximum Gasteiger partial charge on any atom is 0.285 e. The molecule has 1 aliphatic rings. The van der Waals surface area contributed by atoms with Crippen molar-refractivity contribution in [3.63, 3.8) is 0 Å². The maximum atomic E-state index is 11.2. The number of aromatic nitrogens is 2. The minimum absolute atomic E-state index is 0.0657. The van der Waals surface area contributed by atoms with Gasteiger partial charge in [0, 0.05) is 6.61 Å². The number of nitrogens with one attached hydrogen (secondary N) is 2. The van der Waals surface area contributed by atoms with Crippen molar-refractivity contribution in [3.8, 4) is 0 Å². The van der Waals surface area contributed by atoms with E-state index < -0.39 is 17.4 Å². The first-order valence-corrected chi connectivity index (χ1v) is 5.92. The summed E-state index contributed by atoms with van der Waals surface area (Å²) in [5.41, 5.74) is -0.534. The topological polar surface area (TPSA) is 107 Å². The van der Waals surface area contributed by atoms with E-state index in [-0.39, 0.29) is 17.3 Å². The number of hydrogen-bond acceptors (Lipinski definition) is 6. The van der Waals surface area contributed by atoms with Crippen molar-refractivity contribution in [2.75, 3.05) is 18.5 Å². The van der Waals surface area contributed by atoms with E-state index in [4.69, 9.17) is 16.3 Å². The summed E-state index contributed by atoms with van der Waals surface area (Å²) in [6.07, 6.45) is 2.57. The predicted octanol–water partition coefficient (Wildman–Crippen LogP) is -0.0998. The Kier molecular flexibility index (Phi) is 3.86. The Bertz CT molecular complexity index is 470. The van der Waals surface area contributed by atoms with Crippen LogP contribution < -0.4 is 10.9 Å². The van der Waals surface area contributed by atoms with Gasteiger partial charge in [0.2, 0.25) is 5.91 Å². The highest BCUT2D eigenvalue weighted by Gasteiger charge is 2.36. The van der Waals surface area contributed by atoms with Crippen molar-refractivity contribution in [1.82, 2.24) is 10.2 Å². The third-order valence-corrected chi connectivity index (χ3v) is 3.22. The lowest BCUT2D eigenvalue weighted by molar-refractivity contribution is -0.199. The van der Waals surface area contributed by atoms with E-state index >= 15 is 0 Å². The molecular weight excluding hydrogens is 262 g/mol. The fourth-order valence-electron chi connectivity index (χ4n) is 1.83. The zero-order valence-electron chi connectivity index (χ0n) is 9.52. The summed E-state index contributed by atoms with van der Waals surface area (Å²) in [4.78, 5) is 11.2. The van der Waals surface area contributed by atoms with Crippen molar-refractivity contribution in [1.29, 1.82) is 0 Å². The second kappa shape index (κ2) is 5.23. The average molecular weight is 276 g/mol. The Morgan fingerprint density at radius 2 is 2.39 bits per heavy atom. The van der Waals surface area contributed by atoms with E-state index in [1.54, 1.807) is 0 Å². The normalized spacial score (nSPS) is 20.7. The van der Waals surface area contributed by atoms with E-state index in [9.17, 15) is 15.0 Å². The van der Waals surface area contributed by atoms with Crippen LogP contribution >= 0.6 is 11.6 Å². The highest BCUT2D eigenvalue weighted by atomic mass is 35.5. The van der Waals surface area contributed by atoms with Crippen molar-refractivity contribution < 1.29 is 14.9 Å². The van der Waals surface area contributed by atoms with Gasteiger partial charge < -0.3 is 20.3 Å². The summed E-state index contributed by atoms with van der Waals surface area (Å²) in [6.45, 7) is 0.841. The van der Waals surface area contributed by atoms with Gasteiger partial charge in [0.15, 0.2) is 0 Å². The van der Waals surface area contributed by atoms with Gasteiger partial charge in [-0.3, -0.25) is 4.79 Å². The van der Waals surface area contributed by atoms with Gasteiger partial charge in [-0.1, -0.05) is 11.6 Å². The molecule has 1 saturated heterocycles. The summed E-state index contributed by atoms with van der Waals surface area (Å²) >= 11 is 5.74. The van der Waals surface area contributed by atoms with Crippen molar-refractivity contribution in [3.05, 3.63) is 21.6 Å². The highest BCUT2D eigenvalue weighted by molar-refractivity contribution is 6.32. The molecule has 0 bridgehead atoms. The van der Waals surface area contributed by atoms with E-state index in [1.807, 2.05) is 0 Å². The monoisotopic (exact) mass is 275 g/mol. The first-order valence-electron chi connectivity index (χ1n) is 5.54. The predicted molar refractivity (Wildman–Crippen MR) is 64.2 cm³/mol. The van der Waals surface area contributed by atoms with Crippen LogP contribution in [0.1, 0.15) is 12.8 Å². The van der Waals surface area contributed by atoms with Gasteiger partial charge in [0.1, 0.15) is 5.02 Å². The Morgan fingerprint density at radius 3 is 3.06 bits per heavy atom. The molecule has 1 unspecified atom stereocenters. The third-order valence-electron chi connectivity index (χ3n) is 2.84. The average Bonchev–Trinajstić information content (AvgIpc) is 2.36. The number of rotatable bonds is 3. The van der Waals surface area contributed by atoms with Crippen LogP contribution in [-0.2, 0) is 4.74 Å². The van der Waals surface area contributed by atoms with Crippen LogP contribution in [0.25, 0.3) is 0 Å². The number of nitrogens with zero attached hydrogens (tertiary/aromatic N) is 1. The summed E-state index contributed by atoms with van der Waals surface area (Å²) in [5.74, 6) is -2.69. The van der Waals surface area contributed by atoms with E-state index in [0.29, 0.717) is 13.0 Å². The van der Waals surface area contributed by atoms with Crippen molar-refractivity contribution in [2.45, 2.75) is 18.8 Å². The molecule has 2 heterocycles. The Hall–Kier alpha value is -1.15. The zero-order chi connectivity index (χ0) is 13.2. The van der Waals surface area contributed by atoms with Crippen LogP contribution in [0.5, 0.6) is 0 Å². The van der Waals surface area contributed by atoms with Crippen LogP contribution in [-0.4, -0.2) is 39.5 Å². The molecule has 0 aromatic carbocycles. The molecular formula is C10H14ClN3O4. The summed E-state index contributed by atoms with van der Waals surface area (Å²) in [6, 6.07) is 0. The SMILES string of the molecule is O=c1[nH]ncc(NC(O)(O)C2CCCOC2)c1Cl. The molecule has 100 valence electrons. The smallest absolute Gasteiger partial charge is 0.285 e. The van der Waals surface area contributed by atoms with Crippen LogP contribution in [0.2, 0.25) is 5.02 Å². The first-order chi connectivity index (χ1) is 8.50. The molecule has 18 heavy (non-hydrogen) atoms. The largest absolute Gasteiger partial charge is 0.381 e. The van der Waals surface area contributed by atoms with Gasteiger partial charge in [-0.2, -0.15) is 5.10 Å². The van der Waals surface area contributed by atoms with Crippen LogP contribution in [0.4, 0.5) is 5.69 Å². The first kappa shape index (κ1) is 13.3. The van der Waals surface area contributed by atoms with Crippen molar-refractivity contribution >= 4 is 17.3 Å². The Morgan fingerprint density at radius 1 is 1.61 bits per heavy atom. The molecule has 7 nitrogen and oxygen atoms in total. The standard InChI is InChI=1S/C10H14ClN3O4/c11-8-7(4-12-14-9(8)15)13-10(16,17)6-2-1-3-18-5-6/h4,6,16-17H,1-3,5H2,(H2,13,14,15). The molecule has 1 aliphatic heterocycles. The number of aromatic amines is 1. The lowest BCUT2D eigenvalue weighted by atomic mass is 9.98. The summed E-state index contributed by atoms with van der Waals surface area (Å²) in [5, 5.41) is 27.9. The number of ether oxygens (including phenoxy) is 1. The van der Waals surface area contributed by atoms with Crippen LogP contribution in [0.15, 0.2) is 11.0 Å². The molecule has 1 aromatic heterocycles. The number of H-pyrrole nitrogens is 1. The summed E-state index contributed by atoms with van der Waals surface area (Å²) < 4.78 is 5.18.